The largest absolute Gasteiger partial charge is 0.504 e. The lowest BCUT2D eigenvalue weighted by Gasteiger charge is -2.05. The number of amides is 1. The molecular formula is C17H26N2O3. The van der Waals surface area contributed by atoms with Gasteiger partial charge in [0.2, 0.25) is 5.91 Å². The highest BCUT2D eigenvalue weighted by atomic mass is 16.5. The minimum Gasteiger partial charge on any atom is -0.504 e. The summed E-state index contributed by atoms with van der Waals surface area (Å²) in [6, 6.07) is 5.10. The number of nitrogens with one attached hydrogen (secondary N) is 1. The third-order valence-electron chi connectivity index (χ3n) is 3.40. The van der Waals surface area contributed by atoms with E-state index in [0.717, 1.165) is 12.8 Å². The van der Waals surface area contributed by atoms with E-state index in [9.17, 15) is 9.90 Å². The van der Waals surface area contributed by atoms with Gasteiger partial charge in [-0.15, -0.1) is 0 Å². The van der Waals surface area contributed by atoms with Crippen molar-refractivity contribution in [2.75, 3.05) is 7.11 Å². The summed E-state index contributed by atoms with van der Waals surface area (Å²) in [5.41, 5.74) is 2.98. The first-order valence-electron chi connectivity index (χ1n) is 7.87. The first-order chi connectivity index (χ1) is 10.7. The van der Waals surface area contributed by atoms with Crippen LogP contribution in [0.25, 0.3) is 0 Å². The van der Waals surface area contributed by atoms with Crippen LogP contribution in [-0.2, 0) is 4.79 Å². The van der Waals surface area contributed by atoms with E-state index in [0.29, 0.717) is 17.7 Å². The Balaban J connectivity index is 2.29. The molecule has 1 amide bonds. The van der Waals surface area contributed by atoms with E-state index >= 15 is 0 Å². The second-order valence-electron chi connectivity index (χ2n) is 5.21. The SMILES string of the molecule is CCCCCCCCC(=O)N/N=C/c1cccc(OC)c1O. The van der Waals surface area contributed by atoms with Crippen molar-refractivity contribution in [3.8, 4) is 11.5 Å². The molecule has 1 aromatic carbocycles. The van der Waals surface area contributed by atoms with Crippen LogP contribution in [0.2, 0.25) is 0 Å². The van der Waals surface area contributed by atoms with E-state index in [-0.39, 0.29) is 11.7 Å². The first-order valence-corrected chi connectivity index (χ1v) is 7.87. The molecule has 0 fully saturated rings. The summed E-state index contributed by atoms with van der Waals surface area (Å²) >= 11 is 0. The topological polar surface area (TPSA) is 70.9 Å². The fraction of sp³-hybridized carbons (Fsp3) is 0.529. The van der Waals surface area contributed by atoms with Gasteiger partial charge in [-0.2, -0.15) is 5.10 Å². The van der Waals surface area contributed by atoms with Gasteiger partial charge in [0.05, 0.1) is 13.3 Å². The van der Waals surface area contributed by atoms with E-state index in [2.05, 4.69) is 17.5 Å². The highest BCUT2D eigenvalue weighted by Crippen LogP contribution is 2.27. The van der Waals surface area contributed by atoms with Crippen molar-refractivity contribution >= 4 is 12.1 Å². The van der Waals surface area contributed by atoms with E-state index in [4.69, 9.17) is 4.74 Å². The van der Waals surface area contributed by atoms with Gasteiger partial charge >= 0.3 is 0 Å². The van der Waals surface area contributed by atoms with E-state index in [1.807, 2.05) is 0 Å². The maximum atomic E-state index is 11.6. The summed E-state index contributed by atoms with van der Waals surface area (Å²) in [5.74, 6) is 0.287. The number of ether oxygens (including phenoxy) is 1. The van der Waals surface area contributed by atoms with Crippen molar-refractivity contribution in [1.29, 1.82) is 0 Å². The van der Waals surface area contributed by atoms with E-state index in [1.54, 1.807) is 18.2 Å². The Hall–Kier alpha value is -2.04. The van der Waals surface area contributed by atoms with Crippen LogP contribution in [0.4, 0.5) is 0 Å². The van der Waals surface area contributed by atoms with Crippen LogP contribution in [-0.4, -0.2) is 24.3 Å². The Bertz CT molecular complexity index is 487. The van der Waals surface area contributed by atoms with Gasteiger partial charge in [-0.25, -0.2) is 5.43 Å². The zero-order valence-corrected chi connectivity index (χ0v) is 13.5. The van der Waals surface area contributed by atoms with Crippen LogP contribution < -0.4 is 10.2 Å². The van der Waals surface area contributed by atoms with Crippen molar-refractivity contribution in [1.82, 2.24) is 5.43 Å². The fourth-order valence-electron chi connectivity index (χ4n) is 2.10. The summed E-state index contributed by atoms with van der Waals surface area (Å²) in [7, 11) is 1.48. The molecule has 5 heteroatoms. The van der Waals surface area contributed by atoms with Crippen LogP contribution in [0.15, 0.2) is 23.3 Å². The number of phenols is 1. The average Bonchev–Trinajstić information content (AvgIpc) is 2.52. The van der Waals surface area contributed by atoms with Crippen LogP contribution in [0, 0.1) is 0 Å². The lowest BCUT2D eigenvalue weighted by Crippen LogP contribution is -2.16. The predicted octanol–water partition coefficient (Wildman–Crippen LogP) is 3.60. The lowest BCUT2D eigenvalue weighted by molar-refractivity contribution is -0.121. The Morgan fingerprint density at radius 3 is 2.73 bits per heavy atom. The number of nitrogens with zero attached hydrogens (tertiary/aromatic N) is 1. The molecule has 0 saturated heterocycles. The Morgan fingerprint density at radius 1 is 1.27 bits per heavy atom. The number of rotatable bonds is 10. The normalized spacial score (nSPS) is 10.8. The Kier molecular flexibility index (Phi) is 8.72. The molecule has 1 aromatic rings. The fourth-order valence-corrected chi connectivity index (χ4v) is 2.10. The first kappa shape index (κ1) is 18.0. The zero-order chi connectivity index (χ0) is 16.2. The maximum Gasteiger partial charge on any atom is 0.240 e. The second-order valence-corrected chi connectivity index (χ2v) is 5.21. The number of phenolic OH excluding ortho intramolecular Hbond substituents is 1. The van der Waals surface area contributed by atoms with Crippen molar-refractivity contribution in [3.63, 3.8) is 0 Å². The van der Waals surface area contributed by atoms with Gasteiger partial charge in [-0.3, -0.25) is 4.79 Å². The molecule has 0 aliphatic carbocycles. The monoisotopic (exact) mass is 306 g/mol. The molecule has 5 nitrogen and oxygen atoms in total. The summed E-state index contributed by atoms with van der Waals surface area (Å²) in [6.45, 7) is 2.19. The number of hydrogen-bond donors (Lipinski definition) is 2. The van der Waals surface area contributed by atoms with Gasteiger partial charge in [0.1, 0.15) is 0 Å². The van der Waals surface area contributed by atoms with Gasteiger partial charge in [0.25, 0.3) is 0 Å². The van der Waals surface area contributed by atoms with Gasteiger partial charge in [0.15, 0.2) is 11.5 Å². The molecule has 1 rings (SSSR count). The summed E-state index contributed by atoms with van der Waals surface area (Å²) in [6.07, 6.45) is 8.77. The summed E-state index contributed by atoms with van der Waals surface area (Å²) < 4.78 is 5.01. The van der Waals surface area contributed by atoms with Crippen molar-refractivity contribution in [3.05, 3.63) is 23.8 Å². The van der Waals surface area contributed by atoms with Gasteiger partial charge < -0.3 is 9.84 Å². The van der Waals surface area contributed by atoms with Gasteiger partial charge in [-0.05, 0) is 18.6 Å². The molecule has 0 aliphatic rings. The van der Waals surface area contributed by atoms with Gasteiger partial charge in [0, 0.05) is 12.0 Å². The number of para-hydroxylation sites is 1. The molecule has 22 heavy (non-hydrogen) atoms. The number of aromatic hydroxyl groups is 1. The van der Waals surface area contributed by atoms with E-state index < -0.39 is 0 Å². The molecule has 0 aromatic heterocycles. The van der Waals surface area contributed by atoms with Crippen molar-refractivity contribution in [2.45, 2.75) is 51.9 Å². The molecule has 0 aliphatic heterocycles. The standard InChI is InChI=1S/C17H26N2O3/c1-3-4-5-6-7-8-12-16(20)19-18-13-14-10-9-11-15(22-2)17(14)21/h9-11,13,21H,3-8,12H2,1-2H3,(H,19,20)/b18-13+. The predicted molar refractivity (Wildman–Crippen MR) is 88.4 cm³/mol. The van der Waals surface area contributed by atoms with Gasteiger partial charge in [-0.1, -0.05) is 45.1 Å². The van der Waals surface area contributed by atoms with Crippen molar-refractivity contribution < 1.29 is 14.6 Å². The van der Waals surface area contributed by atoms with Crippen LogP contribution in [0.1, 0.15) is 57.4 Å². The summed E-state index contributed by atoms with van der Waals surface area (Å²) in [5, 5.41) is 13.7. The molecule has 0 saturated carbocycles. The molecule has 2 N–H and O–H groups in total. The Morgan fingerprint density at radius 2 is 2.00 bits per heavy atom. The molecule has 0 bridgehead atoms. The molecule has 0 atom stereocenters. The lowest BCUT2D eigenvalue weighted by atomic mass is 10.1. The molecule has 0 radical (unpaired) electrons. The summed E-state index contributed by atoms with van der Waals surface area (Å²) in [4.78, 5) is 11.6. The number of unbranched alkanes of at least 4 members (excludes halogenated alkanes) is 5. The van der Waals surface area contributed by atoms with E-state index in [1.165, 1.54) is 39.0 Å². The third-order valence-corrected chi connectivity index (χ3v) is 3.40. The smallest absolute Gasteiger partial charge is 0.240 e. The van der Waals surface area contributed by atoms with Crippen LogP contribution in [0.5, 0.6) is 11.5 Å². The highest BCUT2D eigenvalue weighted by molar-refractivity contribution is 5.86. The third kappa shape index (κ3) is 6.61. The van der Waals surface area contributed by atoms with Crippen molar-refractivity contribution in [2.24, 2.45) is 5.10 Å². The molecule has 0 spiro atoms. The highest BCUT2D eigenvalue weighted by Gasteiger charge is 2.05. The average molecular weight is 306 g/mol. The molecule has 0 heterocycles. The minimum atomic E-state index is -0.103. The number of benzene rings is 1. The molecule has 122 valence electrons. The van der Waals surface area contributed by atoms with Crippen LogP contribution in [0.3, 0.4) is 0 Å². The maximum absolute atomic E-state index is 11.6. The number of carbonyl (C=O) groups excluding carboxylic acids is 1. The minimum absolute atomic E-state index is 0.0129. The molecule has 0 unspecified atom stereocenters. The zero-order valence-electron chi connectivity index (χ0n) is 13.5. The Labute approximate surface area is 132 Å². The number of carbonyl (C=O) groups is 1. The molecular weight excluding hydrogens is 280 g/mol. The quantitative estimate of drug-likeness (QED) is 0.394. The second kappa shape index (κ2) is 10.7. The van der Waals surface area contributed by atoms with Crippen LogP contribution >= 0.6 is 0 Å². The number of methoxy groups -OCH3 is 1. The number of hydrogen-bond acceptors (Lipinski definition) is 4. The number of hydrazone groups is 1.